The normalized spacial score (nSPS) is 33.1. The van der Waals surface area contributed by atoms with Gasteiger partial charge in [0.15, 0.2) is 5.78 Å². The average Bonchev–Trinajstić information content (AvgIpc) is 2.28. The van der Waals surface area contributed by atoms with Crippen molar-refractivity contribution in [2.24, 2.45) is 11.3 Å². The quantitative estimate of drug-likeness (QED) is 0.644. The molecule has 1 aromatic carbocycles. The Labute approximate surface area is 96.9 Å². The highest BCUT2D eigenvalue weighted by atomic mass is 16.1. The van der Waals surface area contributed by atoms with E-state index >= 15 is 0 Å². The first-order valence-corrected chi connectivity index (χ1v) is 6.33. The molecule has 0 unspecified atom stereocenters. The molecule has 0 saturated heterocycles. The second-order valence-corrected chi connectivity index (χ2v) is 5.65. The van der Waals surface area contributed by atoms with Gasteiger partial charge in [0.25, 0.3) is 0 Å². The van der Waals surface area contributed by atoms with Gasteiger partial charge in [-0.2, -0.15) is 0 Å². The number of carbonyl (C=O) groups is 1. The van der Waals surface area contributed by atoms with Crippen molar-refractivity contribution in [1.29, 1.82) is 0 Å². The largest absolute Gasteiger partial charge is 0.294 e. The van der Waals surface area contributed by atoms with Gasteiger partial charge in [0, 0.05) is 11.5 Å². The molecule has 1 saturated carbocycles. The lowest BCUT2D eigenvalue weighted by Gasteiger charge is -2.44. The molecule has 0 aliphatic heterocycles. The van der Waals surface area contributed by atoms with Crippen LogP contribution in [0.4, 0.5) is 0 Å². The van der Waals surface area contributed by atoms with Crippen molar-refractivity contribution in [2.45, 2.75) is 39.0 Å². The zero-order valence-corrected chi connectivity index (χ0v) is 9.83. The molecule has 1 fully saturated rings. The van der Waals surface area contributed by atoms with Crippen molar-refractivity contribution in [1.82, 2.24) is 0 Å². The van der Waals surface area contributed by atoms with E-state index in [0.29, 0.717) is 5.78 Å². The molecule has 84 valence electrons. The summed E-state index contributed by atoms with van der Waals surface area (Å²) in [5.41, 5.74) is 2.50. The van der Waals surface area contributed by atoms with Gasteiger partial charge in [0.1, 0.15) is 0 Å². The summed E-state index contributed by atoms with van der Waals surface area (Å²) in [5, 5.41) is 0. The fourth-order valence-electron chi connectivity index (χ4n) is 3.60. The van der Waals surface area contributed by atoms with E-state index in [-0.39, 0.29) is 11.3 Å². The molecule has 0 N–H and O–H groups in total. The molecular weight excluding hydrogens is 196 g/mol. The molecule has 0 amide bonds. The molecule has 0 radical (unpaired) electrons. The van der Waals surface area contributed by atoms with Crippen molar-refractivity contribution in [3.63, 3.8) is 0 Å². The van der Waals surface area contributed by atoms with Gasteiger partial charge in [-0.15, -0.1) is 0 Å². The predicted molar refractivity (Wildman–Crippen MR) is 64.5 cm³/mol. The predicted octanol–water partition coefficient (Wildman–Crippen LogP) is 3.62. The summed E-state index contributed by atoms with van der Waals surface area (Å²) in [5.74, 6) is 0.695. The number of benzene rings is 1. The molecule has 0 spiro atoms. The maximum absolute atomic E-state index is 12.5. The Hall–Kier alpha value is -1.11. The molecule has 0 heterocycles. The minimum Gasteiger partial charge on any atom is -0.294 e. The van der Waals surface area contributed by atoms with E-state index in [0.717, 1.165) is 18.4 Å². The first kappa shape index (κ1) is 10.1. The SMILES string of the molecule is C[C@@]12CCCC[C@H]1C(=O)c1ccccc1C2. The number of hydrogen-bond acceptors (Lipinski definition) is 1. The van der Waals surface area contributed by atoms with E-state index in [1.807, 2.05) is 12.1 Å². The number of Topliss-reactive ketones (excluding diaryl/α,β-unsaturated/α-hetero) is 1. The van der Waals surface area contributed by atoms with Gasteiger partial charge in [0.2, 0.25) is 0 Å². The average molecular weight is 214 g/mol. The molecule has 1 nitrogen and oxygen atoms in total. The van der Waals surface area contributed by atoms with Crippen LogP contribution in [0.25, 0.3) is 0 Å². The van der Waals surface area contributed by atoms with Crippen molar-refractivity contribution >= 4 is 5.78 Å². The molecule has 2 atom stereocenters. The van der Waals surface area contributed by atoms with Gasteiger partial charge in [0.05, 0.1) is 0 Å². The standard InChI is InChI=1S/C15H18O/c1-15-9-5-4-8-13(15)14(16)12-7-3-2-6-11(12)10-15/h2-3,6-7,13H,4-5,8-10H2,1H3/t13-,15-/m0/s1. The van der Waals surface area contributed by atoms with Crippen LogP contribution >= 0.6 is 0 Å². The third-order valence-corrected chi connectivity index (χ3v) is 4.53. The summed E-state index contributed by atoms with van der Waals surface area (Å²) in [6.45, 7) is 2.31. The molecular formula is C15H18O. The zero-order chi connectivity index (χ0) is 11.2. The van der Waals surface area contributed by atoms with Crippen LogP contribution in [-0.2, 0) is 6.42 Å². The van der Waals surface area contributed by atoms with Crippen molar-refractivity contribution in [3.05, 3.63) is 35.4 Å². The highest BCUT2D eigenvalue weighted by Gasteiger charge is 2.44. The minimum atomic E-state index is 0.240. The van der Waals surface area contributed by atoms with Gasteiger partial charge in [-0.3, -0.25) is 4.79 Å². The van der Waals surface area contributed by atoms with Crippen LogP contribution in [-0.4, -0.2) is 5.78 Å². The first-order valence-electron chi connectivity index (χ1n) is 6.33. The van der Waals surface area contributed by atoms with Crippen LogP contribution in [0.3, 0.4) is 0 Å². The van der Waals surface area contributed by atoms with Crippen LogP contribution in [0.15, 0.2) is 24.3 Å². The molecule has 1 heteroatoms. The van der Waals surface area contributed by atoms with E-state index in [1.54, 1.807) is 0 Å². The summed E-state index contributed by atoms with van der Waals surface area (Å²) in [7, 11) is 0. The number of hydrogen-bond donors (Lipinski definition) is 0. The van der Waals surface area contributed by atoms with Crippen LogP contribution in [0.2, 0.25) is 0 Å². The van der Waals surface area contributed by atoms with Crippen molar-refractivity contribution in [3.8, 4) is 0 Å². The van der Waals surface area contributed by atoms with Gasteiger partial charge in [-0.05, 0) is 30.2 Å². The number of carbonyl (C=O) groups excluding carboxylic acids is 1. The summed E-state index contributed by atoms with van der Waals surface area (Å²) in [6.07, 6.45) is 5.94. The van der Waals surface area contributed by atoms with Gasteiger partial charge in [-0.25, -0.2) is 0 Å². The third kappa shape index (κ3) is 1.34. The van der Waals surface area contributed by atoms with Crippen molar-refractivity contribution < 1.29 is 4.79 Å². The summed E-state index contributed by atoms with van der Waals surface area (Å²) in [4.78, 5) is 12.5. The molecule has 16 heavy (non-hydrogen) atoms. The number of fused-ring (bicyclic) bond motifs is 2. The fourth-order valence-corrected chi connectivity index (χ4v) is 3.60. The third-order valence-electron chi connectivity index (χ3n) is 4.53. The zero-order valence-electron chi connectivity index (χ0n) is 9.83. The summed E-state index contributed by atoms with van der Waals surface area (Å²) < 4.78 is 0. The lowest BCUT2D eigenvalue weighted by atomic mass is 9.59. The molecule has 0 bridgehead atoms. The Kier molecular flexibility index (Phi) is 2.17. The molecule has 1 aromatic rings. The highest BCUT2D eigenvalue weighted by Crippen LogP contribution is 2.48. The van der Waals surface area contributed by atoms with Crippen LogP contribution < -0.4 is 0 Å². The smallest absolute Gasteiger partial charge is 0.166 e. The van der Waals surface area contributed by atoms with Crippen molar-refractivity contribution in [2.75, 3.05) is 0 Å². The molecule has 0 aromatic heterocycles. The fraction of sp³-hybridized carbons (Fsp3) is 0.533. The molecule has 3 rings (SSSR count). The van der Waals surface area contributed by atoms with E-state index in [4.69, 9.17) is 0 Å². The Morgan fingerprint density at radius 2 is 2.06 bits per heavy atom. The maximum Gasteiger partial charge on any atom is 0.166 e. The second-order valence-electron chi connectivity index (χ2n) is 5.65. The van der Waals surface area contributed by atoms with E-state index in [1.165, 1.54) is 24.8 Å². The number of rotatable bonds is 0. The molecule has 2 aliphatic carbocycles. The van der Waals surface area contributed by atoms with Crippen LogP contribution in [0, 0.1) is 11.3 Å². The first-order chi connectivity index (χ1) is 7.71. The topological polar surface area (TPSA) is 17.1 Å². The summed E-state index contributed by atoms with van der Waals surface area (Å²) >= 11 is 0. The second kappa shape index (κ2) is 3.44. The van der Waals surface area contributed by atoms with Gasteiger partial charge in [-0.1, -0.05) is 44.0 Å². The van der Waals surface area contributed by atoms with Crippen LogP contribution in [0.5, 0.6) is 0 Å². The minimum absolute atomic E-state index is 0.240. The van der Waals surface area contributed by atoms with E-state index in [2.05, 4.69) is 19.1 Å². The van der Waals surface area contributed by atoms with E-state index in [9.17, 15) is 4.79 Å². The Morgan fingerprint density at radius 3 is 2.94 bits per heavy atom. The highest BCUT2D eigenvalue weighted by molar-refractivity contribution is 6.00. The Bertz CT molecular complexity index is 435. The maximum atomic E-state index is 12.5. The van der Waals surface area contributed by atoms with Gasteiger partial charge < -0.3 is 0 Å². The monoisotopic (exact) mass is 214 g/mol. The Morgan fingerprint density at radius 1 is 1.25 bits per heavy atom. The Balaban J connectivity index is 2.09. The lowest BCUT2D eigenvalue weighted by molar-refractivity contribution is 0.0602. The number of ketones is 1. The molecule has 2 aliphatic rings. The van der Waals surface area contributed by atoms with Crippen LogP contribution in [0.1, 0.15) is 48.5 Å². The van der Waals surface area contributed by atoms with E-state index < -0.39 is 0 Å². The van der Waals surface area contributed by atoms with Gasteiger partial charge >= 0.3 is 0 Å². The summed E-state index contributed by atoms with van der Waals surface area (Å²) in [6, 6.07) is 8.18. The lowest BCUT2D eigenvalue weighted by Crippen LogP contribution is -2.42.